The predicted molar refractivity (Wildman–Crippen MR) is 98.2 cm³/mol. The van der Waals surface area contributed by atoms with Crippen LogP contribution in [0.1, 0.15) is 60.2 Å². The van der Waals surface area contributed by atoms with Gasteiger partial charge in [-0.3, -0.25) is 19.3 Å². The zero-order valence-electron chi connectivity index (χ0n) is 15.3. The van der Waals surface area contributed by atoms with Crippen molar-refractivity contribution in [1.29, 1.82) is 0 Å². The third-order valence-electron chi connectivity index (χ3n) is 5.40. The SMILES string of the molecule is CC(C)NC(=O)[C@@H]1CCCN(c2cccc3c2C(=O)N(C2CC2)C3=O)C1. The van der Waals surface area contributed by atoms with E-state index in [0.717, 1.165) is 37.9 Å². The summed E-state index contributed by atoms with van der Waals surface area (Å²) in [5.74, 6) is -0.356. The largest absolute Gasteiger partial charge is 0.370 e. The summed E-state index contributed by atoms with van der Waals surface area (Å²) in [5, 5.41) is 2.99. The smallest absolute Gasteiger partial charge is 0.263 e. The second-order valence-corrected chi connectivity index (χ2v) is 7.86. The van der Waals surface area contributed by atoms with E-state index in [-0.39, 0.29) is 35.7 Å². The van der Waals surface area contributed by atoms with Gasteiger partial charge in [0.2, 0.25) is 5.91 Å². The van der Waals surface area contributed by atoms with Gasteiger partial charge in [-0.15, -0.1) is 0 Å². The number of hydrogen-bond donors (Lipinski definition) is 1. The Hall–Kier alpha value is -2.37. The van der Waals surface area contributed by atoms with Crippen LogP contribution in [0.3, 0.4) is 0 Å². The summed E-state index contributed by atoms with van der Waals surface area (Å²) in [6, 6.07) is 5.68. The quantitative estimate of drug-likeness (QED) is 0.841. The molecule has 1 atom stereocenters. The number of benzene rings is 1. The van der Waals surface area contributed by atoms with Gasteiger partial charge in [-0.25, -0.2) is 0 Å². The van der Waals surface area contributed by atoms with Crippen LogP contribution in [0.15, 0.2) is 18.2 Å². The van der Waals surface area contributed by atoms with Crippen LogP contribution in [0.25, 0.3) is 0 Å². The maximum absolute atomic E-state index is 12.9. The van der Waals surface area contributed by atoms with Crippen molar-refractivity contribution in [3.63, 3.8) is 0 Å². The molecule has 0 unspecified atom stereocenters. The molecule has 6 heteroatoms. The molecule has 26 heavy (non-hydrogen) atoms. The number of amides is 3. The van der Waals surface area contributed by atoms with Gasteiger partial charge in [-0.05, 0) is 51.7 Å². The van der Waals surface area contributed by atoms with Crippen LogP contribution < -0.4 is 10.2 Å². The normalized spacial score (nSPS) is 22.8. The summed E-state index contributed by atoms with van der Waals surface area (Å²) in [5.41, 5.74) is 1.83. The van der Waals surface area contributed by atoms with Gasteiger partial charge in [0.1, 0.15) is 0 Å². The van der Waals surface area contributed by atoms with E-state index < -0.39 is 0 Å². The maximum Gasteiger partial charge on any atom is 0.263 e. The lowest BCUT2D eigenvalue weighted by molar-refractivity contribution is -0.125. The van der Waals surface area contributed by atoms with Crippen LogP contribution in [0.2, 0.25) is 0 Å². The Balaban J connectivity index is 1.60. The van der Waals surface area contributed by atoms with Crippen molar-refractivity contribution in [2.24, 2.45) is 5.92 Å². The first kappa shape index (κ1) is 17.1. The number of hydrogen-bond acceptors (Lipinski definition) is 4. The van der Waals surface area contributed by atoms with E-state index in [1.807, 2.05) is 26.0 Å². The zero-order valence-corrected chi connectivity index (χ0v) is 15.3. The van der Waals surface area contributed by atoms with Crippen molar-refractivity contribution >= 4 is 23.4 Å². The van der Waals surface area contributed by atoms with Gasteiger partial charge in [0.05, 0.1) is 22.7 Å². The monoisotopic (exact) mass is 355 g/mol. The second kappa shape index (κ2) is 6.41. The molecule has 0 aromatic heterocycles. The predicted octanol–water partition coefficient (Wildman–Crippen LogP) is 2.19. The van der Waals surface area contributed by atoms with Crippen molar-refractivity contribution in [2.45, 2.75) is 51.6 Å². The van der Waals surface area contributed by atoms with Crippen LogP contribution in [0, 0.1) is 5.92 Å². The molecular formula is C20H25N3O3. The molecule has 1 aromatic carbocycles. The van der Waals surface area contributed by atoms with Crippen LogP contribution in [0.4, 0.5) is 5.69 Å². The molecule has 4 rings (SSSR count). The fourth-order valence-corrected chi connectivity index (χ4v) is 4.03. The van der Waals surface area contributed by atoms with Gasteiger partial charge < -0.3 is 10.2 Å². The summed E-state index contributed by atoms with van der Waals surface area (Å²) in [7, 11) is 0. The van der Waals surface area contributed by atoms with Gasteiger partial charge in [-0.1, -0.05) is 6.07 Å². The number of rotatable bonds is 4. The highest BCUT2D eigenvalue weighted by atomic mass is 16.2. The van der Waals surface area contributed by atoms with E-state index in [9.17, 15) is 14.4 Å². The number of anilines is 1. The van der Waals surface area contributed by atoms with Gasteiger partial charge in [0.15, 0.2) is 0 Å². The van der Waals surface area contributed by atoms with Gasteiger partial charge in [0.25, 0.3) is 11.8 Å². The maximum atomic E-state index is 12.9. The van der Waals surface area contributed by atoms with E-state index >= 15 is 0 Å². The van der Waals surface area contributed by atoms with E-state index in [1.54, 1.807) is 6.07 Å². The summed E-state index contributed by atoms with van der Waals surface area (Å²) in [6.07, 6.45) is 3.56. The lowest BCUT2D eigenvalue weighted by Gasteiger charge is -2.34. The number of fused-ring (bicyclic) bond motifs is 1. The van der Waals surface area contributed by atoms with Crippen LogP contribution in [0.5, 0.6) is 0 Å². The highest BCUT2D eigenvalue weighted by molar-refractivity contribution is 6.24. The number of carbonyl (C=O) groups is 3. The molecule has 2 fully saturated rings. The average molecular weight is 355 g/mol. The van der Waals surface area contributed by atoms with Crippen molar-refractivity contribution in [3.05, 3.63) is 29.3 Å². The third-order valence-corrected chi connectivity index (χ3v) is 5.40. The molecule has 0 bridgehead atoms. The van der Waals surface area contributed by atoms with Crippen LogP contribution in [-0.2, 0) is 4.79 Å². The zero-order chi connectivity index (χ0) is 18.4. The Morgan fingerprint density at radius 1 is 1.15 bits per heavy atom. The minimum Gasteiger partial charge on any atom is -0.370 e. The Morgan fingerprint density at radius 3 is 2.62 bits per heavy atom. The molecule has 3 aliphatic rings. The first-order valence-corrected chi connectivity index (χ1v) is 9.53. The Labute approximate surface area is 153 Å². The first-order chi connectivity index (χ1) is 12.5. The van der Waals surface area contributed by atoms with Crippen molar-refractivity contribution in [2.75, 3.05) is 18.0 Å². The number of carbonyl (C=O) groups excluding carboxylic acids is 3. The van der Waals surface area contributed by atoms with Gasteiger partial charge >= 0.3 is 0 Å². The summed E-state index contributed by atoms with van der Waals surface area (Å²) < 4.78 is 0. The lowest BCUT2D eigenvalue weighted by atomic mass is 9.95. The third kappa shape index (κ3) is 2.87. The average Bonchev–Trinajstić information content (AvgIpc) is 3.41. The van der Waals surface area contributed by atoms with Crippen LogP contribution >= 0.6 is 0 Å². The second-order valence-electron chi connectivity index (χ2n) is 7.86. The fraction of sp³-hybridized carbons (Fsp3) is 0.550. The van der Waals surface area contributed by atoms with E-state index in [0.29, 0.717) is 17.7 Å². The molecular weight excluding hydrogens is 330 g/mol. The van der Waals surface area contributed by atoms with Crippen LogP contribution in [-0.4, -0.2) is 47.8 Å². The number of piperidine rings is 1. The molecule has 6 nitrogen and oxygen atoms in total. The minimum atomic E-state index is -0.170. The lowest BCUT2D eigenvalue weighted by Crippen LogP contribution is -2.45. The molecule has 3 amide bonds. The highest BCUT2D eigenvalue weighted by Crippen LogP contribution is 2.39. The molecule has 2 heterocycles. The Bertz CT molecular complexity index is 770. The molecule has 1 saturated heterocycles. The Kier molecular flexibility index (Phi) is 4.21. The van der Waals surface area contributed by atoms with E-state index in [2.05, 4.69) is 10.2 Å². The highest BCUT2D eigenvalue weighted by Gasteiger charge is 2.46. The summed E-state index contributed by atoms with van der Waals surface area (Å²) in [4.78, 5) is 41.5. The van der Waals surface area contributed by atoms with Crippen molar-refractivity contribution in [3.8, 4) is 0 Å². The molecule has 2 aliphatic heterocycles. The summed E-state index contributed by atoms with van der Waals surface area (Å²) >= 11 is 0. The van der Waals surface area contributed by atoms with E-state index in [4.69, 9.17) is 0 Å². The molecule has 1 aliphatic carbocycles. The first-order valence-electron chi connectivity index (χ1n) is 9.53. The molecule has 138 valence electrons. The van der Waals surface area contributed by atoms with Crippen molar-refractivity contribution < 1.29 is 14.4 Å². The molecule has 0 radical (unpaired) electrons. The summed E-state index contributed by atoms with van der Waals surface area (Å²) in [6.45, 7) is 5.30. The molecule has 1 N–H and O–H groups in total. The van der Waals surface area contributed by atoms with Gasteiger partial charge in [-0.2, -0.15) is 0 Å². The Morgan fingerprint density at radius 2 is 1.92 bits per heavy atom. The van der Waals surface area contributed by atoms with Crippen molar-refractivity contribution in [1.82, 2.24) is 10.2 Å². The molecule has 1 aromatic rings. The molecule has 1 saturated carbocycles. The minimum absolute atomic E-state index is 0.0688. The number of imide groups is 1. The topological polar surface area (TPSA) is 69.7 Å². The van der Waals surface area contributed by atoms with E-state index in [1.165, 1.54) is 4.90 Å². The number of nitrogens with zero attached hydrogens (tertiary/aromatic N) is 2. The van der Waals surface area contributed by atoms with Gasteiger partial charge in [0, 0.05) is 25.2 Å². The standard InChI is InChI=1S/C20H25N3O3/c1-12(2)21-18(24)13-5-4-10-22(11-13)16-7-3-6-15-17(16)20(26)23(19(15)25)14-8-9-14/h3,6-7,12-14H,4-5,8-11H2,1-2H3,(H,21,24)/t13-/m1/s1. The fourth-order valence-electron chi connectivity index (χ4n) is 4.03. The molecule has 0 spiro atoms. The number of nitrogens with one attached hydrogen (secondary N) is 1.